The van der Waals surface area contributed by atoms with Gasteiger partial charge in [-0.1, -0.05) is 0 Å². The average Bonchev–Trinajstić information content (AvgIpc) is 2.26. The molecule has 88 valence electrons. The zero-order chi connectivity index (χ0) is 12.3. The van der Waals surface area contributed by atoms with Gasteiger partial charge in [0, 0.05) is 11.6 Å². The molecule has 0 saturated carbocycles. The van der Waals surface area contributed by atoms with Crippen LogP contribution in [0.3, 0.4) is 0 Å². The van der Waals surface area contributed by atoms with E-state index in [2.05, 4.69) is 9.72 Å². The van der Waals surface area contributed by atoms with Gasteiger partial charge in [-0.3, -0.25) is 0 Å². The molecule has 0 saturated heterocycles. The van der Waals surface area contributed by atoms with Gasteiger partial charge in [-0.05, 0) is 0 Å². The number of nitrogens with zero attached hydrogens (tertiary/aromatic N) is 1. The number of hydrogen-bond acceptors (Lipinski definition) is 3. The van der Waals surface area contributed by atoms with Crippen LogP contribution in [-0.4, -0.2) is 23.2 Å². The lowest BCUT2D eigenvalue weighted by Crippen LogP contribution is -2.10. The molecule has 4 nitrogen and oxygen atoms in total. The van der Waals surface area contributed by atoms with Gasteiger partial charge in [-0.15, -0.1) is 11.6 Å². The van der Waals surface area contributed by atoms with Gasteiger partial charge in [0.25, 0.3) is 6.43 Å². The smallest absolute Gasteiger partial charge is 0.338 e. The molecule has 0 aliphatic heterocycles. The molecule has 0 atom stereocenters. The first-order valence-corrected chi connectivity index (χ1v) is 4.70. The van der Waals surface area contributed by atoms with Crippen LogP contribution in [0.1, 0.15) is 28.0 Å². The Kier molecular flexibility index (Phi) is 4.00. The maximum atomic E-state index is 12.6. The van der Waals surface area contributed by atoms with Crippen LogP contribution in [-0.2, 0) is 5.88 Å². The average molecular weight is 252 g/mol. The number of aromatic nitrogens is 1. The molecule has 0 aliphatic rings. The third kappa shape index (κ3) is 2.38. The second kappa shape index (κ2) is 5.07. The van der Waals surface area contributed by atoms with Crippen molar-refractivity contribution in [2.24, 2.45) is 0 Å². The lowest BCUT2D eigenvalue weighted by molar-refractivity contribution is 0.0682. The van der Waals surface area contributed by atoms with Gasteiger partial charge in [0.1, 0.15) is 0 Å². The molecule has 1 aromatic rings. The minimum Gasteiger partial charge on any atom is -0.481 e. The molecule has 1 heterocycles. The highest BCUT2D eigenvalue weighted by Crippen LogP contribution is 2.28. The molecule has 16 heavy (non-hydrogen) atoms. The normalized spacial score (nSPS) is 10.6. The van der Waals surface area contributed by atoms with E-state index in [0.717, 1.165) is 6.07 Å². The molecule has 0 unspecified atom stereocenters. The molecule has 0 spiro atoms. The molecule has 0 bridgehead atoms. The molecule has 1 N–H and O–H groups in total. The predicted molar refractivity (Wildman–Crippen MR) is 52.3 cm³/mol. The van der Waals surface area contributed by atoms with Crippen molar-refractivity contribution < 1.29 is 23.4 Å². The van der Waals surface area contributed by atoms with E-state index in [4.69, 9.17) is 16.7 Å². The largest absolute Gasteiger partial charge is 0.481 e. The summed E-state index contributed by atoms with van der Waals surface area (Å²) in [6.07, 6.45) is -2.93. The standard InChI is InChI=1S/C9H8ClF2NO3/c1-16-6-2-4(8(11)12)7(9(14)15)5(3-10)13-6/h2,8H,3H2,1H3,(H,14,15). The van der Waals surface area contributed by atoms with Crippen molar-refractivity contribution in [1.29, 1.82) is 0 Å². The summed E-state index contributed by atoms with van der Waals surface area (Å²) >= 11 is 5.46. The molecule has 7 heteroatoms. The summed E-state index contributed by atoms with van der Waals surface area (Å²) in [6, 6.07) is 0.893. The molecule has 0 radical (unpaired) electrons. The maximum absolute atomic E-state index is 12.6. The van der Waals surface area contributed by atoms with Crippen molar-refractivity contribution in [1.82, 2.24) is 4.98 Å². The highest BCUT2D eigenvalue weighted by atomic mass is 35.5. The lowest BCUT2D eigenvalue weighted by Gasteiger charge is -2.10. The van der Waals surface area contributed by atoms with E-state index in [1.165, 1.54) is 7.11 Å². The number of alkyl halides is 3. The van der Waals surface area contributed by atoms with Gasteiger partial charge >= 0.3 is 5.97 Å². The quantitative estimate of drug-likeness (QED) is 0.835. The van der Waals surface area contributed by atoms with Crippen LogP contribution in [0, 0.1) is 0 Å². The van der Waals surface area contributed by atoms with Crippen molar-refractivity contribution in [3.8, 4) is 5.88 Å². The fourth-order valence-electron chi connectivity index (χ4n) is 1.21. The summed E-state index contributed by atoms with van der Waals surface area (Å²) in [5.41, 5.74) is -1.34. The van der Waals surface area contributed by atoms with Crippen molar-refractivity contribution >= 4 is 17.6 Å². The number of hydrogen-bond donors (Lipinski definition) is 1. The number of aromatic carboxylic acids is 1. The van der Waals surface area contributed by atoms with Crippen molar-refractivity contribution in [2.75, 3.05) is 7.11 Å². The summed E-state index contributed by atoms with van der Waals surface area (Å²) in [5.74, 6) is -1.85. The first-order valence-electron chi connectivity index (χ1n) is 4.16. The third-order valence-corrected chi connectivity index (χ3v) is 2.14. The Balaban J connectivity index is 3.47. The van der Waals surface area contributed by atoms with Crippen LogP contribution in [0.2, 0.25) is 0 Å². The Labute approximate surface area is 94.8 Å². The zero-order valence-electron chi connectivity index (χ0n) is 8.21. The van der Waals surface area contributed by atoms with E-state index in [1.54, 1.807) is 0 Å². The van der Waals surface area contributed by atoms with Gasteiger partial charge in [0.15, 0.2) is 0 Å². The molecule has 0 amide bonds. The Morgan fingerprint density at radius 1 is 1.69 bits per heavy atom. The van der Waals surface area contributed by atoms with Crippen molar-refractivity contribution in [2.45, 2.75) is 12.3 Å². The Morgan fingerprint density at radius 2 is 2.31 bits per heavy atom. The van der Waals surface area contributed by atoms with Gasteiger partial charge in [0.2, 0.25) is 5.88 Å². The number of pyridine rings is 1. The van der Waals surface area contributed by atoms with E-state index in [9.17, 15) is 13.6 Å². The Bertz CT molecular complexity index is 412. The molecule has 1 rings (SSSR count). The van der Waals surface area contributed by atoms with Crippen molar-refractivity contribution in [3.63, 3.8) is 0 Å². The van der Waals surface area contributed by atoms with Crippen molar-refractivity contribution in [3.05, 3.63) is 22.9 Å². The minimum absolute atomic E-state index is 0.0871. The summed E-state index contributed by atoms with van der Waals surface area (Å²) in [6.45, 7) is 0. The minimum atomic E-state index is -2.93. The van der Waals surface area contributed by atoms with Gasteiger partial charge < -0.3 is 9.84 Å². The molecule has 0 aliphatic carbocycles. The van der Waals surface area contributed by atoms with E-state index < -0.39 is 23.5 Å². The molecule has 1 aromatic heterocycles. The predicted octanol–water partition coefficient (Wildman–Crippen LogP) is 2.46. The number of carboxylic acids is 1. The fourth-order valence-corrected chi connectivity index (χ4v) is 1.41. The van der Waals surface area contributed by atoms with E-state index in [0.29, 0.717) is 0 Å². The van der Waals surface area contributed by atoms with Crippen LogP contribution < -0.4 is 4.74 Å². The monoisotopic (exact) mass is 251 g/mol. The summed E-state index contributed by atoms with van der Waals surface area (Å²) in [5, 5.41) is 8.82. The number of ether oxygens (including phenoxy) is 1. The van der Waals surface area contributed by atoms with Crippen LogP contribution in [0.25, 0.3) is 0 Å². The first kappa shape index (κ1) is 12.6. The van der Waals surface area contributed by atoms with Gasteiger partial charge in [-0.2, -0.15) is 0 Å². The molecule has 0 aromatic carbocycles. The fraction of sp³-hybridized carbons (Fsp3) is 0.333. The van der Waals surface area contributed by atoms with Crippen LogP contribution in [0.4, 0.5) is 8.78 Å². The molecular weight excluding hydrogens is 244 g/mol. The topological polar surface area (TPSA) is 59.4 Å². The number of carboxylic acid groups (broad SMARTS) is 1. The number of carbonyl (C=O) groups is 1. The highest BCUT2D eigenvalue weighted by Gasteiger charge is 2.24. The van der Waals surface area contributed by atoms with Crippen LogP contribution >= 0.6 is 11.6 Å². The lowest BCUT2D eigenvalue weighted by atomic mass is 10.1. The maximum Gasteiger partial charge on any atom is 0.338 e. The van der Waals surface area contributed by atoms with E-state index in [1.807, 2.05) is 0 Å². The summed E-state index contributed by atoms with van der Waals surface area (Å²) in [7, 11) is 1.25. The van der Waals surface area contributed by atoms with E-state index >= 15 is 0 Å². The van der Waals surface area contributed by atoms with E-state index in [-0.39, 0.29) is 17.5 Å². The Hall–Kier alpha value is -1.43. The number of methoxy groups -OCH3 is 1. The SMILES string of the molecule is COc1cc(C(F)F)c(C(=O)O)c(CCl)n1. The third-order valence-electron chi connectivity index (χ3n) is 1.89. The highest BCUT2D eigenvalue weighted by molar-refractivity contribution is 6.17. The second-order valence-corrected chi connectivity index (χ2v) is 3.08. The number of rotatable bonds is 4. The Morgan fingerprint density at radius 3 is 2.69 bits per heavy atom. The summed E-state index contributed by atoms with van der Waals surface area (Å²) in [4.78, 5) is 14.5. The first-order chi connectivity index (χ1) is 7.51. The number of halogens is 3. The zero-order valence-corrected chi connectivity index (χ0v) is 8.96. The van der Waals surface area contributed by atoms with Crippen LogP contribution in [0.5, 0.6) is 5.88 Å². The summed E-state index contributed by atoms with van der Waals surface area (Å²) < 4.78 is 29.9. The molecule has 0 fully saturated rings. The molecular formula is C9H8ClF2NO3. The second-order valence-electron chi connectivity index (χ2n) is 2.82. The van der Waals surface area contributed by atoms with Gasteiger partial charge in [0.05, 0.1) is 24.2 Å². The van der Waals surface area contributed by atoms with Gasteiger partial charge in [-0.25, -0.2) is 18.6 Å². The van der Waals surface area contributed by atoms with Crippen LogP contribution in [0.15, 0.2) is 6.07 Å².